The normalized spacial score (nSPS) is 19.4. The van der Waals surface area contributed by atoms with Crippen molar-refractivity contribution in [2.45, 2.75) is 25.3 Å². The molecule has 2 aliphatic heterocycles. The minimum Gasteiger partial charge on any atom is -0.490 e. The van der Waals surface area contributed by atoms with Crippen LogP contribution in [0.15, 0.2) is 30.3 Å². The summed E-state index contributed by atoms with van der Waals surface area (Å²) in [6.45, 7) is 4.49. The fraction of sp³-hybridized carbons (Fsp3) is 0.462. The summed E-state index contributed by atoms with van der Waals surface area (Å²) in [4.78, 5) is 18.8. The van der Waals surface area contributed by atoms with Crippen LogP contribution in [0.1, 0.15) is 19.3 Å². The lowest BCUT2D eigenvalue weighted by atomic mass is 10.0. The Morgan fingerprint density at radius 2 is 2.00 bits per heavy atom. The molecular formula is C26H31N3O5. The standard InChI is InChI=1S/C26H31N3O5/c1-29-10-7-17(14-29)15-33-22-13-21-23(26(34-16-30)25(22)31-2)24(27-18-8-11-32-12-9-18)19-5-3-4-6-20(19)28-21/h3-6,13,16-18H,7-12,14-15H2,1-2H3,(H,27,28). The number of benzene rings is 2. The van der Waals surface area contributed by atoms with E-state index in [1.807, 2.05) is 30.3 Å². The zero-order chi connectivity index (χ0) is 23.5. The molecule has 2 saturated heterocycles. The predicted octanol–water partition coefficient (Wildman–Crippen LogP) is 3.85. The number of nitrogens with one attached hydrogen (secondary N) is 1. The van der Waals surface area contributed by atoms with Crippen LogP contribution < -0.4 is 19.5 Å². The molecule has 8 heteroatoms. The summed E-state index contributed by atoms with van der Waals surface area (Å²) in [5.41, 5.74) is 2.42. The zero-order valence-electron chi connectivity index (χ0n) is 19.7. The lowest BCUT2D eigenvalue weighted by Gasteiger charge is -2.26. The average Bonchev–Trinajstić information content (AvgIpc) is 3.28. The van der Waals surface area contributed by atoms with E-state index in [1.54, 1.807) is 7.11 Å². The first-order valence-electron chi connectivity index (χ1n) is 11.9. The second-order valence-corrected chi connectivity index (χ2v) is 9.11. The maximum Gasteiger partial charge on any atom is 0.298 e. The highest BCUT2D eigenvalue weighted by Gasteiger charge is 2.26. The molecule has 5 rings (SSSR count). The van der Waals surface area contributed by atoms with E-state index in [2.05, 4.69) is 17.3 Å². The molecule has 0 aliphatic carbocycles. The van der Waals surface area contributed by atoms with Gasteiger partial charge in [0.15, 0.2) is 11.5 Å². The van der Waals surface area contributed by atoms with Crippen LogP contribution in [0.25, 0.3) is 21.8 Å². The zero-order valence-corrected chi connectivity index (χ0v) is 19.7. The second kappa shape index (κ2) is 10.0. The number of pyridine rings is 1. The lowest BCUT2D eigenvalue weighted by molar-refractivity contribution is -0.120. The van der Waals surface area contributed by atoms with Crippen LogP contribution >= 0.6 is 0 Å². The molecule has 0 amide bonds. The van der Waals surface area contributed by atoms with E-state index < -0.39 is 0 Å². The molecule has 1 aromatic heterocycles. The molecule has 0 bridgehead atoms. The Morgan fingerprint density at radius 1 is 1.18 bits per heavy atom. The summed E-state index contributed by atoms with van der Waals surface area (Å²) in [6.07, 6.45) is 2.89. The predicted molar refractivity (Wildman–Crippen MR) is 131 cm³/mol. The number of carbonyl (C=O) groups excluding carboxylic acids is 1. The van der Waals surface area contributed by atoms with Crippen molar-refractivity contribution >= 4 is 34.0 Å². The van der Waals surface area contributed by atoms with Crippen LogP contribution in [0, 0.1) is 5.92 Å². The van der Waals surface area contributed by atoms with Crippen molar-refractivity contribution in [3.8, 4) is 17.2 Å². The van der Waals surface area contributed by atoms with Crippen molar-refractivity contribution in [1.29, 1.82) is 0 Å². The molecule has 1 N–H and O–H groups in total. The minimum atomic E-state index is 0.244. The van der Waals surface area contributed by atoms with Crippen molar-refractivity contribution in [1.82, 2.24) is 9.88 Å². The summed E-state index contributed by atoms with van der Waals surface area (Å²) in [6, 6.07) is 10.1. The van der Waals surface area contributed by atoms with Crippen LogP contribution in [0.5, 0.6) is 17.2 Å². The number of likely N-dealkylation sites (tertiary alicyclic amines) is 1. The van der Waals surface area contributed by atoms with E-state index in [4.69, 9.17) is 23.9 Å². The van der Waals surface area contributed by atoms with Crippen LogP contribution in [0.3, 0.4) is 0 Å². The van der Waals surface area contributed by atoms with Gasteiger partial charge in [-0.05, 0) is 38.9 Å². The Hall–Kier alpha value is -3.10. The van der Waals surface area contributed by atoms with Gasteiger partial charge in [-0.15, -0.1) is 0 Å². The maximum atomic E-state index is 11.6. The lowest BCUT2D eigenvalue weighted by Crippen LogP contribution is -2.28. The monoisotopic (exact) mass is 465 g/mol. The molecule has 1 unspecified atom stereocenters. The quantitative estimate of drug-likeness (QED) is 0.397. The highest BCUT2D eigenvalue weighted by Crippen LogP contribution is 2.48. The largest absolute Gasteiger partial charge is 0.490 e. The molecule has 2 aliphatic rings. The SMILES string of the molecule is COc1c(OCC2CCN(C)C2)cc2nc3ccccc3c(NC3CCOCC3)c2c1OC=O. The number of carbonyl (C=O) groups is 1. The van der Waals surface area contributed by atoms with Crippen LogP contribution in [0.4, 0.5) is 5.69 Å². The van der Waals surface area contributed by atoms with Gasteiger partial charge in [0.1, 0.15) is 0 Å². The molecule has 0 radical (unpaired) electrons. The Kier molecular flexibility index (Phi) is 6.69. The number of rotatable bonds is 8. The smallest absolute Gasteiger partial charge is 0.298 e. The topological polar surface area (TPSA) is 82.2 Å². The number of aromatic nitrogens is 1. The van der Waals surface area contributed by atoms with E-state index >= 15 is 0 Å². The molecule has 0 saturated carbocycles. The summed E-state index contributed by atoms with van der Waals surface area (Å²) >= 11 is 0. The number of nitrogens with zero attached hydrogens (tertiary/aromatic N) is 2. The Bertz CT molecular complexity index is 1180. The van der Waals surface area contributed by atoms with Crippen LogP contribution in [0.2, 0.25) is 0 Å². The first-order valence-corrected chi connectivity index (χ1v) is 11.9. The number of methoxy groups -OCH3 is 1. The summed E-state index contributed by atoms with van der Waals surface area (Å²) < 4.78 is 23.1. The number of anilines is 1. The molecule has 2 aromatic carbocycles. The molecule has 3 heterocycles. The Balaban J connectivity index is 1.64. The van der Waals surface area contributed by atoms with Gasteiger partial charge < -0.3 is 29.2 Å². The number of hydrogen-bond acceptors (Lipinski definition) is 8. The van der Waals surface area contributed by atoms with Gasteiger partial charge >= 0.3 is 0 Å². The molecule has 1 atom stereocenters. The van der Waals surface area contributed by atoms with Gasteiger partial charge in [-0.25, -0.2) is 4.98 Å². The van der Waals surface area contributed by atoms with Crippen LogP contribution in [-0.4, -0.2) is 69.5 Å². The first-order chi connectivity index (χ1) is 16.7. The number of fused-ring (bicyclic) bond motifs is 2. The molecule has 34 heavy (non-hydrogen) atoms. The molecule has 8 nitrogen and oxygen atoms in total. The first kappa shape index (κ1) is 22.7. The van der Waals surface area contributed by atoms with Gasteiger partial charge in [-0.1, -0.05) is 18.2 Å². The fourth-order valence-electron chi connectivity index (χ4n) is 5.01. The maximum absolute atomic E-state index is 11.6. The summed E-state index contributed by atoms with van der Waals surface area (Å²) in [5, 5.41) is 5.37. The van der Waals surface area contributed by atoms with E-state index in [-0.39, 0.29) is 6.04 Å². The van der Waals surface area contributed by atoms with Gasteiger partial charge in [0, 0.05) is 43.2 Å². The highest BCUT2D eigenvalue weighted by atomic mass is 16.6. The Morgan fingerprint density at radius 3 is 2.74 bits per heavy atom. The van der Waals surface area contributed by atoms with Crippen LogP contribution in [-0.2, 0) is 9.53 Å². The van der Waals surface area contributed by atoms with Gasteiger partial charge in [0.05, 0.1) is 35.8 Å². The highest BCUT2D eigenvalue weighted by molar-refractivity contribution is 6.11. The van der Waals surface area contributed by atoms with E-state index in [0.717, 1.165) is 48.9 Å². The number of para-hydroxylation sites is 1. The van der Waals surface area contributed by atoms with E-state index in [0.29, 0.717) is 60.4 Å². The molecule has 0 spiro atoms. The number of hydrogen-bond donors (Lipinski definition) is 1. The van der Waals surface area contributed by atoms with E-state index in [9.17, 15) is 4.79 Å². The third-order valence-electron chi connectivity index (χ3n) is 6.75. The molecule has 2 fully saturated rings. The van der Waals surface area contributed by atoms with E-state index in [1.165, 1.54) is 0 Å². The van der Waals surface area contributed by atoms with Gasteiger partial charge in [-0.2, -0.15) is 0 Å². The minimum absolute atomic E-state index is 0.244. The Labute approximate surface area is 199 Å². The second-order valence-electron chi connectivity index (χ2n) is 9.11. The fourth-order valence-corrected chi connectivity index (χ4v) is 5.01. The molecule has 180 valence electrons. The number of ether oxygens (including phenoxy) is 4. The molecular weight excluding hydrogens is 434 g/mol. The average molecular weight is 466 g/mol. The summed E-state index contributed by atoms with van der Waals surface area (Å²) in [7, 11) is 3.68. The van der Waals surface area contributed by atoms with Gasteiger partial charge in [0.25, 0.3) is 6.47 Å². The van der Waals surface area contributed by atoms with Crippen molar-refractivity contribution in [2.75, 3.05) is 52.4 Å². The van der Waals surface area contributed by atoms with Gasteiger partial charge in [0.2, 0.25) is 5.75 Å². The van der Waals surface area contributed by atoms with Gasteiger partial charge in [-0.3, -0.25) is 4.79 Å². The summed E-state index contributed by atoms with van der Waals surface area (Å²) in [5.74, 6) is 1.69. The third kappa shape index (κ3) is 4.48. The van der Waals surface area contributed by atoms with Crippen molar-refractivity contribution in [3.63, 3.8) is 0 Å². The van der Waals surface area contributed by atoms with Crippen molar-refractivity contribution in [2.24, 2.45) is 5.92 Å². The third-order valence-corrected chi connectivity index (χ3v) is 6.75. The van der Waals surface area contributed by atoms with Crippen molar-refractivity contribution < 1.29 is 23.7 Å². The van der Waals surface area contributed by atoms with Crippen molar-refractivity contribution in [3.05, 3.63) is 30.3 Å². The molecule has 3 aromatic rings.